The minimum Gasteiger partial charge on any atom is -0.497 e. The van der Waals surface area contributed by atoms with Gasteiger partial charge in [-0.25, -0.2) is 0 Å². The molecule has 0 radical (unpaired) electrons. The van der Waals surface area contributed by atoms with E-state index in [9.17, 15) is 4.79 Å². The van der Waals surface area contributed by atoms with Gasteiger partial charge in [0.1, 0.15) is 11.5 Å². The van der Waals surface area contributed by atoms with Gasteiger partial charge < -0.3 is 14.4 Å². The zero-order valence-corrected chi connectivity index (χ0v) is 10.9. The van der Waals surface area contributed by atoms with E-state index in [2.05, 4.69) is 0 Å². The maximum Gasteiger partial charge on any atom is 0.190 e. The predicted molar refractivity (Wildman–Crippen MR) is 69.8 cm³/mol. The Morgan fingerprint density at radius 2 is 2.11 bits per heavy atom. The fourth-order valence-corrected chi connectivity index (χ4v) is 2.12. The summed E-state index contributed by atoms with van der Waals surface area (Å²) in [5.74, 6) is 1.65. The Hall–Kier alpha value is -1.97. The van der Waals surface area contributed by atoms with E-state index in [0.717, 1.165) is 29.3 Å². The van der Waals surface area contributed by atoms with Crippen LogP contribution in [0.5, 0.6) is 5.75 Å². The molecule has 0 saturated heterocycles. The van der Waals surface area contributed by atoms with Crippen LogP contribution < -0.4 is 9.64 Å². The van der Waals surface area contributed by atoms with Crippen LogP contribution in [0.1, 0.15) is 12.5 Å². The molecule has 0 bridgehead atoms. The second kappa shape index (κ2) is 5.12. The summed E-state index contributed by atoms with van der Waals surface area (Å²) in [6.45, 7) is 1.89. The number of benzene rings is 1. The van der Waals surface area contributed by atoms with Gasteiger partial charge in [0, 0.05) is 5.69 Å². The molecular formula is C14H17NO3. The topological polar surface area (TPSA) is 38.8 Å². The molecule has 0 aromatic heterocycles. The summed E-state index contributed by atoms with van der Waals surface area (Å²) < 4.78 is 10.5. The van der Waals surface area contributed by atoms with Gasteiger partial charge in [-0.05, 0) is 43.2 Å². The number of hydrogen-bond acceptors (Lipinski definition) is 4. The molecule has 0 aliphatic carbocycles. The van der Waals surface area contributed by atoms with Crippen LogP contribution in [0.25, 0.3) is 0 Å². The summed E-state index contributed by atoms with van der Waals surface area (Å²) in [6.07, 6.45) is 2.76. The van der Waals surface area contributed by atoms with Crippen molar-refractivity contribution in [3.8, 4) is 5.75 Å². The predicted octanol–water partition coefficient (Wildman–Crippen LogP) is 2.13. The highest BCUT2D eigenvalue weighted by molar-refractivity contribution is 5.82. The minimum absolute atomic E-state index is 0.0987. The van der Waals surface area contributed by atoms with Crippen LogP contribution in [0.3, 0.4) is 0 Å². The first-order valence-corrected chi connectivity index (χ1v) is 5.83. The Bertz CT molecular complexity index is 494. The van der Waals surface area contributed by atoms with E-state index >= 15 is 0 Å². The van der Waals surface area contributed by atoms with E-state index in [1.807, 2.05) is 29.2 Å². The van der Waals surface area contributed by atoms with Gasteiger partial charge in [-0.1, -0.05) is 0 Å². The normalized spacial score (nSPS) is 13.7. The van der Waals surface area contributed by atoms with Gasteiger partial charge in [0.15, 0.2) is 5.88 Å². The number of ether oxygens (including phenoxy) is 2. The van der Waals surface area contributed by atoms with Gasteiger partial charge >= 0.3 is 0 Å². The van der Waals surface area contributed by atoms with Gasteiger partial charge in [-0.3, -0.25) is 4.79 Å². The quantitative estimate of drug-likeness (QED) is 0.817. The Kier molecular flexibility index (Phi) is 3.55. The summed E-state index contributed by atoms with van der Waals surface area (Å²) in [5, 5.41) is 0. The molecule has 2 rings (SSSR count). The molecule has 96 valence electrons. The van der Waals surface area contributed by atoms with Crippen molar-refractivity contribution in [1.29, 1.82) is 0 Å². The van der Waals surface area contributed by atoms with Crippen molar-refractivity contribution in [2.75, 3.05) is 25.7 Å². The maximum absolute atomic E-state index is 11.4. The number of allylic oxidation sites excluding steroid dienone is 1. The van der Waals surface area contributed by atoms with E-state index in [-0.39, 0.29) is 5.78 Å². The van der Waals surface area contributed by atoms with Crippen molar-refractivity contribution in [2.45, 2.75) is 13.3 Å². The fourth-order valence-electron chi connectivity index (χ4n) is 2.12. The van der Waals surface area contributed by atoms with Gasteiger partial charge in [0.05, 0.1) is 20.8 Å². The van der Waals surface area contributed by atoms with Crippen LogP contribution in [0.4, 0.5) is 5.69 Å². The molecule has 4 nitrogen and oxygen atoms in total. The highest BCUT2D eigenvalue weighted by atomic mass is 16.5. The maximum atomic E-state index is 11.4. The second-order valence-electron chi connectivity index (χ2n) is 4.23. The number of anilines is 1. The van der Waals surface area contributed by atoms with E-state index in [0.29, 0.717) is 6.54 Å². The zero-order valence-electron chi connectivity index (χ0n) is 10.9. The van der Waals surface area contributed by atoms with E-state index in [1.165, 1.54) is 0 Å². The summed E-state index contributed by atoms with van der Waals surface area (Å²) >= 11 is 0. The van der Waals surface area contributed by atoms with Crippen molar-refractivity contribution in [2.24, 2.45) is 0 Å². The second-order valence-corrected chi connectivity index (χ2v) is 4.23. The third kappa shape index (κ3) is 2.32. The third-order valence-corrected chi connectivity index (χ3v) is 2.93. The summed E-state index contributed by atoms with van der Waals surface area (Å²) in [7, 11) is 3.27. The molecule has 18 heavy (non-hydrogen) atoms. The van der Waals surface area contributed by atoms with E-state index < -0.39 is 0 Å². The van der Waals surface area contributed by atoms with Gasteiger partial charge in [0.25, 0.3) is 0 Å². The molecule has 1 aromatic carbocycles. The molecule has 0 amide bonds. The van der Waals surface area contributed by atoms with Crippen LogP contribution in [-0.4, -0.2) is 26.5 Å². The van der Waals surface area contributed by atoms with Crippen molar-refractivity contribution < 1.29 is 14.3 Å². The molecule has 1 aromatic rings. The van der Waals surface area contributed by atoms with E-state index in [1.54, 1.807) is 21.1 Å². The average Bonchev–Trinajstić information content (AvgIpc) is 2.37. The Balaban J connectivity index is 2.39. The molecule has 0 atom stereocenters. The van der Waals surface area contributed by atoms with Crippen molar-refractivity contribution in [3.05, 3.63) is 35.7 Å². The Morgan fingerprint density at radius 3 is 2.72 bits per heavy atom. The number of rotatable bonds is 4. The first kappa shape index (κ1) is 12.5. The SMILES string of the molecule is COC1=CCc2cc(OC)ccc2N1CC(C)=O. The van der Waals surface area contributed by atoms with Gasteiger partial charge in [-0.2, -0.15) is 0 Å². The smallest absolute Gasteiger partial charge is 0.190 e. The lowest BCUT2D eigenvalue weighted by Gasteiger charge is -2.30. The number of methoxy groups -OCH3 is 2. The number of ketones is 1. The number of fused-ring (bicyclic) bond motifs is 1. The van der Waals surface area contributed by atoms with Crippen molar-refractivity contribution >= 4 is 11.5 Å². The molecular weight excluding hydrogens is 230 g/mol. The monoisotopic (exact) mass is 247 g/mol. The standard InChI is InChI=1S/C14H17NO3/c1-10(16)9-15-13-6-5-12(17-2)8-11(13)4-7-14(15)18-3/h5-8H,4,9H2,1-3H3. The van der Waals surface area contributed by atoms with Crippen LogP contribution in [0.2, 0.25) is 0 Å². The minimum atomic E-state index is 0.0987. The Morgan fingerprint density at radius 1 is 1.33 bits per heavy atom. The molecule has 1 heterocycles. The van der Waals surface area contributed by atoms with Gasteiger partial charge in [-0.15, -0.1) is 0 Å². The van der Waals surface area contributed by atoms with Crippen molar-refractivity contribution in [3.63, 3.8) is 0 Å². The lowest BCUT2D eigenvalue weighted by Crippen LogP contribution is -2.31. The van der Waals surface area contributed by atoms with Crippen LogP contribution in [0, 0.1) is 0 Å². The lowest BCUT2D eigenvalue weighted by atomic mass is 10.0. The molecule has 0 fully saturated rings. The van der Waals surface area contributed by atoms with Crippen LogP contribution in [0.15, 0.2) is 30.2 Å². The average molecular weight is 247 g/mol. The summed E-state index contributed by atoms with van der Waals surface area (Å²) in [4.78, 5) is 13.2. The van der Waals surface area contributed by atoms with Crippen LogP contribution in [-0.2, 0) is 16.0 Å². The van der Waals surface area contributed by atoms with Crippen LogP contribution >= 0.6 is 0 Å². The molecule has 0 N–H and O–H groups in total. The Labute approximate surface area is 107 Å². The summed E-state index contributed by atoms with van der Waals surface area (Å²) in [5.41, 5.74) is 2.14. The number of carbonyl (C=O) groups excluding carboxylic acids is 1. The molecule has 0 spiro atoms. The van der Waals surface area contributed by atoms with Crippen molar-refractivity contribution in [1.82, 2.24) is 0 Å². The zero-order chi connectivity index (χ0) is 13.1. The third-order valence-electron chi connectivity index (χ3n) is 2.93. The number of Topliss-reactive ketones (excluding diaryl/α,β-unsaturated/α-hetero) is 1. The highest BCUT2D eigenvalue weighted by Gasteiger charge is 2.21. The first-order valence-electron chi connectivity index (χ1n) is 5.83. The molecule has 1 aliphatic rings. The lowest BCUT2D eigenvalue weighted by molar-refractivity contribution is -0.115. The molecule has 0 unspecified atom stereocenters. The number of carbonyl (C=O) groups is 1. The van der Waals surface area contributed by atoms with E-state index in [4.69, 9.17) is 9.47 Å². The number of nitrogens with zero attached hydrogens (tertiary/aromatic N) is 1. The van der Waals surface area contributed by atoms with Gasteiger partial charge in [0.2, 0.25) is 0 Å². The number of hydrogen-bond donors (Lipinski definition) is 0. The molecule has 0 saturated carbocycles. The fraction of sp³-hybridized carbons (Fsp3) is 0.357. The molecule has 4 heteroatoms. The summed E-state index contributed by atoms with van der Waals surface area (Å²) in [6, 6.07) is 5.85. The first-order chi connectivity index (χ1) is 8.65. The largest absolute Gasteiger partial charge is 0.497 e. The molecule has 1 aliphatic heterocycles. The highest BCUT2D eigenvalue weighted by Crippen LogP contribution is 2.32.